The molecule has 3 N–H and O–H groups in total. The fourth-order valence-corrected chi connectivity index (χ4v) is 2.29. The predicted octanol–water partition coefficient (Wildman–Crippen LogP) is 1.15. The van der Waals surface area contributed by atoms with Gasteiger partial charge in [0, 0.05) is 18.8 Å². The van der Waals surface area contributed by atoms with Crippen molar-refractivity contribution in [2.45, 2.75) is 24.0 Å². The zero-order valence-electron chi connectivity index (χ0n) is 9.81. The van der Waals surface area contributed by atoms with E-state index in [1.165, 1.54) is 6.92 Å². The lowest BCUT2D eigenvalue weighted by molar-refractivity contribution is -0.141. The van der Waals surface area contributed by atoms with Crippen LogP contribution in [-0.2, 0) is 16.2 Å². The van der Waals surface area contributed by atoms with E-state index in [1.807, 2.05) is 0 Å². The Balaban J connectivity index is 0.00000324. The van der Waals surface area contributed by atoms with Crippen molar-refractivity contribution < 1.29 is 21.6 Å². The molecule has 0 aliphatic carbocycles. The number of halogens is 4. The molecule has 0 saturated heterocycles. The Morgan fingerprint density at radius 3 is 2.37 bits per heavy atom. The van der Waals surface area contributed by atoms with Gasteiger partial charge in [-0.25, -0.2) is 13.1 Å². The third kappa shape index (κ3) is 4.94. The first-order chi connectivity index (χ1) is 8.16. The molecule has 19 heavy (non-hydrogen) atoms. The summed E-state index contributed by atoms with van der Waals surface area (Å²) in [5, 5.41) is 0. The molecule has 1 rings (SSSR count). The predicted molar refractivity (Wildman–Crippen MR) is 65.3 cm³/mol. The SMILES string of the molecule is C[C@@H](CN)NS(=O)(=O)c1ccc(C(F)(F)F)nc1.Cl. The van der Waals surface area contributed by atoms with Gasteiger partial charge in [0.2, 0.25) is 10.0 Å². The van der Waals surface area contributed by atoms with Crippen molar-refractivity contribution in [2.75, 3.05) is 6.54 Å². The second-order valence-electron chi connectivity index (χ2n) is 3.63. The number of aromatic nitrogens is 1. The molecule has 0 fully saturated rings. The maximum Gasteiger partial charge on any atom is 0.433 e. The highest BCUT2D eigenvalue weighted by Crippen LogP contribution is 2.27. The van der Waals surface area contributed by atoms with Crippen molar-refractivity contribution in [1.29, 1.82) is 0 Å². The first kappa shape index (κ1) is 18.1. The van der Waals surface area contributed by atoms with Crippen LogP contribution in [0.15, 0.2) is 23.2 Å². The summed E-state index contributed by atoms with van der Waals surface area (Å²) in [6.07, 6.45) is -3.94. The van der Waals surface area contributed by atoms with Crippen molar-refractivity contribution >= 4 is 22.4 Å². The highest BCUT2D eigenvalue weighted by molar-refractivity contribution is 7.89. The highest BCUT2D eigenvalue weighted by Gasteiger charge is 2.32. The van der Waals surface area contributed by atoms with E-state index in [9.17, 15) is 21.6 Å². The lowest BCUT2D eigenvalue weighted by atomic mass is 10.3. The molecule has 1 heterocycles. The van der Waals surface area contributed by atoms with Gasteiger partial charge in [-0.1, -0.05) is 0 Å². The second-order valence-corrected chi connectivity index (χ2v) is 5.35. The lowest BCUT2D eigenvalue weighted by Gasteiger charge is -2.12. The molecule has 0 radical (unpaired) electrons. The number of nitrogens with two attached hydrogens (primary N) is 1. The summed E-state index contributed by atoms with van der Waals surface area (Å²) in [6.45, 7) is 1.61. The number of hydrogen-bond acceptors (Lipinski definition) is 4. The number of hydrogen-bond donors (Lipinski definition) is 2. The summed E-state index contributed by atoms with van der Waals surface area (Å²) in [5.41, 5.74) is 4.10. The minimum Gasteiger partial charge on any atom is -0.329 e. The van der Waals surface area contributed by atoms with Gasteiger partial charge in [0.25, 0.3) is 0 Å². The largest absolute Gasteiger partial charge is 0.433 e. The number of pyridine rings is 1. The third-order valence-corrected chi connectivity index (χ3v) is 3.62. The van der Waals surface area contributed by atoms with Gasteiger partial charge < -0.3 is 5.73 Å². The Kier molecular flexibility index (Phi) is 6.20. The molecule has 0 spiro atoms. The molecular weight excluding hydrogens is 307 g/mol. The zero-order valence-corrected chi connectivity index (χ0v) is 11.4. The number of nitrogens with one attached hydrogen (secondary N) is 1. The molecule has 1 aromatic rings. The molecule has 0 unspecified atom stereocenters. The van der Waals surface area contributed by atoms with Crippen LogP contribution < -0.4 is 10.5 Å². The molecule has 5 nitrogen and oxygen atoms in total. The van der Waals surface area contributed by atoms with Gasteiger partial charge in [-0.3, -0.25) is 4.98 Å². The average Bonchev–Trinajstić information content (AvgIpc) is 2.27. The number of rotatable bonds is 4. The molecule has 1 aromatic heterocycles. The van der Waals surface area contributed by atoms with E-state index < -0.39 is 27.9 Å². The maximum atomic E-state index is 12.2. The summed E-state index contributed by atoms with van der Waals surface area (Å²) in [7, 11) is -3.89. The number of nitrogens with zero attached hydrogens (tertiary/aromatic N) is 1. The molecule has 0 aliphatic heterocycles. The summed E-state index contributed by atoms with van der Waals surface area (Å²) in [4.78, 5) is 2.74. The summed E-state index contributed by atoms with van der Waals surface area (Å²) in [6, 6.07) is 0.945. The van der Waals surface area contributed by atoms with Gasteiger partial charge in [0.15, 0.2) is 0 Å². The van der Waals surface area contributed by atoms with Crippen LogP contribution in [0.1, 0.15) is 12.6 Å². The minimum absolute atomic E-state index is 0. The van der Waals surface area contributed by atoms with E-state index in [0.29, 0.717) is 12.3 Å². The Labute approximate surface area is 114 Å². The van der Waals surface area contributed by atoms with Crippen molar-refractivity contribution in [2.24, 2.45) is 5.73 Å². The molecule has 0 bridgehead atoms. The summed E-state index contributed by atoms with van der Waals surface area (Å²) >= 11 is 0. The number of alkyl halides is 3. The van der Waals surface area contributed by atoms with Gasteiger partial charge in [0.1, 0.15) is 10.6 Å². The fraction of sp³-hybridized carbons (Fsp3) is 0.444. The van der Waals surface area contributed by atoms with Crippen LogP contribution in [0, 0.1) is 0 Å². The Morgan fingerprint density at radius 1 is 1.42 bits per heavy atom. The topological polar surface area (TPSA) is 85.1 Å². The molecule has 110 valence electrons. The lowest BCUT2D eigenvalue weighted by Crippen LogP contribution is -2.37. The van der Waals surface area contributed by atoms with Crippen LogP contribution in [0.2, 0.25) is 0 Å². The van der Waals surface area contributed by atoms with Crippen LogP contribution in [0.3, 0.4) is 0 Å². The van der Waals surface area contributed by atoms with E-state index in [2.05, 4.69) is 9.71 Å². The molecule has 0 saturated carbocycles. The van der Waals surface area contributed by atoms with Gasteiger partial charge in [-0.2, -0.15) is 13.2 Å². The van der Waals surface area contributed by atoms with Gasteiger partial charge in [-0.05, 0) is 19.1 Å². The van der Waals surface area contributed by atoms with E-state index in [4.69, 9.17) is 5.73 Å². The molecule has 10 heteroatoms. The van der Waals surface area contributed by atoms with E-state index >= 15 is 0 Å². The third-order valence-electron chi connectivity index (χ3n) is 2.05. The van der Waals surface area contributed by atoms with Crippen LogP contribution in [-0.4, -0.2) is 26.0 Å². The normalized spacial score (nSPS) is 13.7. The van der Waals surface area contributed by atoms with Crippen molar-refractivity contribution in [3.8, 4) is 0 Å². The van der Waals surface area contributed by atoms with E-state index in [0.717, 1.165) is 6.07 Å². The minimum atomic E-state index is -4.60. The van der Waals surface area contributed by atoms with Crippen molar-refractivity contribution in [3.63, 3.8) is 0 Å². The first-order valence-corrected chi connectivity index (χ1v) is 6.41. The molecular formula is C9H13ClF3N3O2S. The van der Waals surface area contributed by atoms with Gasteiger partial charge >= 0.3 is 6.18 Å². The molecule has 0 amide bonds. The molecule has 0 aliphatic rings. The van der Waals surface area contributed by atoms with Crippen LogP contribution >= 0.6 is 12.4 Å². The van der Waals surface area contributed by atoms with E-state index in [-0.39, 0.29) is 23.8 Å². The maximum absolute atomic E-state index is 12.2. The van der Waals surface area contributed by atoms with Crippen LogP contribution in [0.25, 0.3) is 0 Å². The fourth-order valence-electron chi connectivity index (χ4n) is 1.09. The number of sulfonamides is 1. The van der Waals surface area contributed by atoms with Crippen molar-refractivity contribution in [1.82, 2.24) is 9.71 Å². The van der Waals surface area contributed by atoms with Gasteiger partial charge in [0.05, 0.1) is 0 Å². The molecule has 1 atom stereocenters. The zero-order chi connectivity index (χ0) is 14.0. The average molecular weight is 320 g/mol. The van der Waals surface area contributed by atoms with Crippen LogP contribution in [0.4, 0.5) is 13.2 Å². The summed E-state index contributed by atoms with van der Waals surface area (Å²) in [5.74, 6) is 0. The quantitative estimate of drug-likeness (QED) is 0.871. The van der Waals surface area contributed by atoms with Gasteiger partial charge in [-0.15, -0.1) is 12.4 Å². The Morgan fingerprint density at radius 2 is 2.00 bits per heavy atom. The standard InChI is InChI=1S/C9H12F3N3O2S.ClH/c1-6(4-13)15-18(16,17)7-2-3-8(14-5-7)9(10,11)12;/h2-3,5-6,15H,4,13H2,1H3;1H/t6-;/m0./s1. The van der Waals surface area contributed by atoms with E-state index in [1.54, 1.807) is 0 Å². The smallest absolute Gasteiger partial charge is 0.329 e. The first-order valence-electron chi connectivity index (χ1n) is 4.92. The summed E-state index contributed by atoms with van der Waals surface area (Å²) < 4.78 is 62.3. The Hall–Kier alpha value is -0.900. The second kappa shape index (κ2) is 6.51. The molecule has 0 aromatic carbocycles. The highest BCUT2D eigenvalue weighted by atomic mass is 35.5. The monoisotopic (exact) mass is 319 g/mol. The van der Waals surface area contributed by atoms with Crippen LogP contribution in [0.5, 0.6) is 0 Å². The Bertz CT molecular complexity index is 504. The van der Waals surface area contributed by atoms with Crippen molar-refractivity contribution in [3.05, 3.63) is 24.0 Å².